The molecule has 1 aliphatic rings. The van der Waals surface area contributed by atoms with Gasteiger partial charge in [-0.2, -0.15) is 0 Å². The highest BCUT2D eigenvalue weighted by molar-refractivity contribution is 6.31. The van der Waals surface area contributed by atoms with E-state index in [1.54, 1.807) is 55.6 Å². The predicted molar refractivity (Wildman–Crippen MR) is 103 cm³/mol. The predicted octanol–water partition coefficient (Wildman–Crippen LogP) is 3.87. The maximum absolute atomic E-state index is 12.6. The van der Waals surface area contributed by atoms with Crippen LogP contribution in [0.4, 0.5) is 5.69 Å². The number of carbonyl (C=O) groups excluding carboxylic acids is 2. The Morgan fingerprint density at radius 2 is 1.92 bits per heavy atom. The number of nitrogens with one attached hydrogen (secondary N) is 1. The quantitative estimate of drug-likeness (QED) is 0.861. The zero-order valence-corrected chi connectivity index (χ0v) is 15.5. The summed E-state index contributed by atoms with van der Waals surface area (Å²) in [6, 6.07) is 12.0. The van der Waals surface area contributed by atoms with Gasteiger partial charge in [0.15, 0.2) is 0 Å². The standard InChI is InChI=1S/C19H16Cl2N2O3/c1-23(10-18(24)22-16-4-2-3-14(20)9-16)19(25)13-7-12-8-15(21)5-6-17(12)26-11-13/h2-9H,10-11H2,1H3,(H,22,24). The molecule has 2 aromatic carbocycles. The minimum Gasteiger partial charge on any atom is -0.488 e. The van der Waals surface area contributed by atoms with E-state index in [1.807, 2.05) is 0 Å². The normalized spacial score (nSPS) is 12.5. The molecule has 0 bridgehead atoms. The highest BCUT2D eigenvalue weighted by Gasteiger charge is 2.22. The van der Waals surface area contributed by atoms with Crippen molar-refractivity contribution in [2.24, 2.45) is 0 Å². The summed E-state index contributed by atoms with van der Waals surface area (Å²) in [5.41, 5.74) is 1.77. The first-order chi connectivity index (χ1) is 12.4. The van der Waals surface area contributed by atoms with Gasteiger partial charge in [0, 0.05) is 28.3 Å². The summed E-state index contributed by atoms with van der Waals surface area (Å²) in [6.07, 6.45) is 1.73. The van der Waals surface area contributed by atoms with E-state index in [9.17, 15) is 9.59 Å². The number of hydrogen-bond donors (Lipinski definition) is 1. The molecule has 0 aliphatic carbocycles. The molecule has 0 fully saturated rings. The van der Waals surface area contributed by atoms with Gasteiger partial charge in [0.25, 0.3) is 5.91 Å². The summed E-state index contributed by atoms with van der Waals surface area (Å²) in [6.45, 7) is 0.0544. The largest absolute Gasteiger partial charge is 0.488 e. The molecular weight excluding hydrogens is 375 g/mol. The minimum absolute atomic E-state index is 0.0922. The Balaban J connectivity index is 1.65. The molecule has 7 heteroatoms. The van der Waals surface area contributed by atoms with Crippen LogP contribution in [0.15, 0.2) is 48.0 Å². The van der Waals surface area contributed by atoms with Crippen LogP contribution in [0.3, 0.4) is 0 Å². The van der Waals surface area contributed by atoms with E-state index in [0.717, 1.165) is 5.56 Å². The Kier molecular flexibility index (Phi) is 5.49. The third-order valence-electron chi connectivity index (χ3n) is 3.80. The number of anilines is 1. The van der Waals surface area contributed by atoms with Crippen molar-refractivity contribution in [1.82, 2.24) is 4.90 Å². The zero-order valence-electron chi connectivity index (χ0n) is 14.0. The second kappa shape index (κ2) is 7.81. The number of benzene rings is 2. The van der Waals surface area contributed by atoms with E-state index in [4.69, 9.17) is 27.9 Å². The average molecular weight is 391 g/mol. The van der Waals surface area contributed by atoms with Gasteiger partial charge >= 0.3 is 0 Å². The van der Waals surface area contributed by atoms with Crippen LogP contribution in [0.2, 0.25) is 10.0 Å². The Bertz CT molecular complexity index is 896. The second-order valence-electron chi connectivity index (χ2n) is 5.86. The van der Waals surface area contributed by atoms with Gasteiger partial charge in [0.2, 0.25) is 5.91 Å². The lowest BCUT2D eigenvalue weighted by Gasteiger charge is -2.22. The van der Waals surface area contributed by atoms with Gasteiger partial charge in [-0.25, -0.2) is 0 Å². The number of likely N-dealkylation sites (N-methyl/N-ethyl adjacent to an activating group) is 1. The number of halogens is 2. The molecular formula is C19H16Cl2N2O3. The van der Waals surface area contributed by atoms with Crippen molar-refractivity contribution in [3.05, 3.63) is 63.6 Å². The number of rotatable bonds is 4. The Morgan fingerprint density at radius 3 is 2.69 bits per heavy atom. The van der Waals surface area contributed by atoms with Crippen LogP contribution in [0.25, 0.3) is 6.08 Å². The maximum atomic E-state index is 12.6. The lowest BCUT2D eigenvalue weighted by atomic mass is 10.1. The molecule has 5 nitrogen and oxygen atoms in total. The van der Waals surface area contributed by atoms with Crippen LogP contribution in [-0.2, 0) is 9.59 Å². The van der Waals surface area contributed by atoms with Crippen molar-refractivity contribution in [1.29, 1.82) is 0 Å². The van der Waals surface area contributed by atoms with Crippen molar-refractivity contribution >= 4 is 46.8 Å². The topological polar surface area (TPSA) is 58.6 Å². The van der Waals surface area contributed by atoms with E-state index >= 15 is 0 Å². The highest BCUT2D eigenvalue weighted by atomic mass is 35.5. The Hall–Kier alpha value is -2.50. The molecule has 0 atom stereocenters. The molecule has 1 heterocycles. The average Bonchev–Trinajstić information content (AvgIpc) is 2.60. The van der Waals surface area contributed by atoms with Crippen LogP contribution in [-0.4, -0.2) is 36.9 Å². The van der Waals surface area contributed by atoms with Crippen molar-refractivity contribution in [2.45, 2.75) is 0 Å². The van der Waals surface area contributed by atoms with Gasteiger partial charge in [0.05, 0.1) is 12.1 Å². The molecule has 1 aliphatic heterocycles. The van der Waals surface area contributed by atoms with Crippen LogP contribution in [0, 0.1) is 0 Å². The Morgan fingerprint density at radius 1 is 1.15 bits per heavy atom. The molecule has 0 spiro atoms. The molecule has 0 unspecified atom stereocenters. The third-order valence-corrected chi connectivity index (χ3v) is 4.27. The summed E-state index contributed by atoms with van der Waals surface area (Å²) in [4.78, 5) is 26.1. The van der Waals surface area contributed by atoms with E-state index in [-0.39, 0.29) is 25.0 Å². The van der Waals surface area contributed by atoms with Gasteiger partial charge in [-0.1, -0.05) is 29.3 Å². The summed E-state index contributed by atoms with van der Waals surface area (Å²) in [7, 11) is 1.56. The van der Waals surface area contributed by atoms with Crippen molar-refractivity contribution < 1.29 is 14.3 Å². The molecule has 0 saturated carbocycles. The van der Waals surface area contributed by atoms with E-state index in [1.165, 1.54) is 4.90 Å². The molecule has 0 saturated heterocycles. The fourth-order valence-corrected chi connectivity index (χ4v) is 2.94. The summed E-state index contributed by atoms with van der Waals surface area (Å²) >= 11 is 11.9. The van der Waals surface area contributed by atoms with Crippen LogP contribution >= 0.6 is 23.2 Å². The monoisotopic (exact) mass is 390 g/mol. The molecule has 2 aromatic rings. The lowest BCUT2D eigenvalue weighted by molar-refractivity contribution is -0.130. The summed E-state index contributed by atoms with van der Waals surface area (Å²) < 4.78 is 5.59. The molecule has 26 heavy (non-hydrogen) atoms. The lowest BCUT2D eigenvalue weighted by Crippen LogP contribution is -2.37. The molecule has 0 aromatic heterocycles. The number of nitrogens with zero attached hydrogens (tertiary/aromatic N) is 1. The Labute approximate surface area is 161 Å². The molecule has 134 valence electrons. The molecule has 3 rings (SSSR count). The first kappa shape index (κ1) is 18.3. The first-order valence-electron chi connectivity index (χ1n) is 7.86. The van der Waals surface area contributed by atoms with Crippen molar-refractivity contribution in [3.8, 4) is 5.75 Å². The van der Waals surface area contributed by atoms with Gasteiger partial charge < -0.3 is 15.0 Å². The number of carbonyl (C=O) groups is 2. The highest BCUT2D eigenvalue weighted by Crippen LogP contribution is 2.29. The summed E-state index contributed by atoms with van der Waals surface area (Å²) in [5, 5.41) is 3.79. The fraction of sp³-hybridized carbons (Fsp3) is 0.158. The van der Waals surface area contributed by atoms with Crippen LogP contribution in [0.1, 0.15) is 5.56 Å². The fourth-order valence-electron chi connectivity index (χ4n) is 2.57. The first-order valence-corrected chi connectivity index (χ1v) is 8.62. The van der Waals surface area contributed by atoms with Crippen molar-refractivity contribution in [3.63, 3.8) is 0 Å². The summed E-state index contributed by atoms with van der Waals surface area (Å²) in [5.74, 6) is 0.0769. The maximum Gasteiger partial charge on any atom is 0.253 e. The minimum atomic E-state index is -0.316. The number of amides is 2. The van der Waals surface area contributed by atoms with Gasteiger partial charge in [-0.3, -0.25) is 9.59 Å². The van der Waals surface area contributed by atoms with E-state index in [0.29, 0.717) is 27.1 Å². The van der Waals surface area contributed by atoms with Crippen molar-refractivity contribution in [2.75, 3.05) is 25.5 Å². The number of hydrogen-bond acceptors (Lipinski definition) is 3. The zero-order chi connectivity index (χ0) is 18.7. The van der Waals surface area contributed by atoms with Crippen LogP contribution in [0.5, 0.6) is 5.75 Å². The van der Waals surface area contributed by atoms with E-state index < -0.39 is 0 Å². The molecule has 1 N–H and O–H groups in total. The third kappa shape index (κ3) is 4.36. The van der Waals surface area contributed by atoms with Crippen LogP contribution < -0.4 is 10.1 Å². The smallest absolute Gasteiger partial charge is 0.253 e. The second-order valence-corrected chi connectivity index (χ2v) is 6.73. The van der Waals surface area contributed by atoms with Gasteiger partial charge in [0.1, 0.15) is 12.4 Å². The molecule has 2 amide bonds. The molecule has 0 radical (unpaired) electrons. The van der Waals surface area contributed by atoms with Gasteiger partial charge in [-0.05, 0) is 42.5 Å². The van der Waals surface area contributed by atoms with Gasteiger partial charge in [-0.15, -0.1) is 0 Å². The van der Waals surface area contributed by atoms with E-state index in [2.05, 4.69) is 5.32 Å². The SMILES string of the molecule is CN(CC(=O)Nc1cccc(Cl)c1)C(=O)C1=Cc2cc(Cl)ccc2OC1. The number of ether oxygens (including phenoxy) is 1. The number of fused-ring (bicyclic) bond motifs is 1.